The van der Waals surface area contributed by atoms with E-state index >= 15 is 0 Å². The number of nitro benzene ring substituents is 1. The van der Waals surface area contributed by atoms with Gasteiger partial charge in [0, 0.05) is 23.8 Å². The zero-order valence-electron chi connectivity index (χ0n) is 21.9. The second-order valence-corrected chi connectivity index (χ2v) is 8.77. The molecule has 0 radical (unpaired) electrons. The largest absolute Gasteiger partial charge is 0.497 e. The molecule has 0 saturated carbocycles. The number of methoxy groups -OCH3 is 1. The molecule has 11 heteroatoms. The lowest BCUT2D eigenvalue weighted by molar-refractivity contribution is -0.384. The van der Waals surface area contributed by atoms with Crippen LogP contribution >= 0.6 is 0 Å². The lowest BCUT2D eigenvalue weighted by Crippen LogP contribution is -2.54. The van der Waals surface area contributed by atoms with E-state index in [1.54, 1.807) is 54.6 Å². The fraction of sp³-hybridized carbons (Fsp3) is 0.207. The van der Waals surface area contributed by atoms with Crippen LogP contribution in [0, 0.1) is 10.1 Å². The van der Waals surface area contributed by atoms with Gasteiger partial charge in [0.05, 0.1) is 24.3 Å². The van der Waals surface area contributed by atoms with E-state index in [2.05, 4.69) is 12.2 Å². The number of rotatable bonds is 11. The van der Waals surface area contributed by atoms with E-state index < -0.39 is 22.8 Å². The van der Waals surface area contributed by atoms with Gasteiger partial charge >= 0.3 is 6.03 Å². The van der Waals surface area contributed by atoms with Crippen molar-refractivity contribution in [1.29, 1.82) is 0 Å². The molecule has 3 aromatic carbocycles. The maximum absolute atomic E-state index is 13.4. The van der Waals surface area contributed by atoms with Crippen molar-refractivity contribution in [1.82, 2.24) is 5.32 Å². The minimum Gasteiger partial charge on any atom is -0.497 e. The van der Waals surface area contributed by atoms with Crippen molar-refractivity contribution in [2.75, 3.05) is 18.6 Å². The van der Waals surface area contributed by atoms with E-state index in [-0.39, 0.29) is 23.6 Å². The third-order valence-electron chi connectivity index (χ3n) is 6.03. The molecule has 0 aliphatic carbocycles. The maximum atomic E-state index is 13.4. The fourth-order valence-corrected chi connectivity index (χ4v) is 3.83. The number of nitro groups is 1. The molecule has 4 amide bonds. The van der Waals surface area contributed by atoms with Gasteiger partial charge in [0.2, 0.25) is 0 Å². The quantitative estimate of drug-likeness (QED) is 0.116. The predicted molar refractivity (Wildman–Crippen MR) is 146 cm³/mol. The Kier molecular flexibility index (Phi) is 8.75. The summed E-state index contributed by atoms with van der Waals surface area (Å²) in [5, 5.41) is 13.1. The summed E-state index contributed by atoms with van der Waals surface area (Å²) in [6, 6.07) is 16.3. The first-order chi connectivity index (χ1) is 19.3. The highest BCUT2D eigenvalue weighted by molar-refractivity contribution is 6.39. The smallest absolute Gasteiger partial charge is 0.335 e. The number of benzene rings is 3. The number of hydrogen-bond acceptors (Lipinski definition) is 8. The second kappa shape index (κ2) is 12.6. The van der Waals surface area contributed by atoms with Crippen LogP contribution in [0.25, 0.3) is 6.08 Å². The van der Waals surface area contributed by atoms with Gasteiger partial charge in [0.25, 0.3) is 17.5 Å². The van der Waals surface area contributed by atoms with Crippen LogP contribution < -0.4 is 24.4 Å². The molecular weight excluding hydrogens is 518 g/mol. The Morgan fingerprint density at radius 1 is 0.950 bits per heavy atom. The summed E-state index contributed by atoms with van der Waals surface area (Å²) < 4.78 is 16.9. The number of imide groups is 2. The molecule has 1 aliphatic rings. The van der Waals surface area contributed by atoms with Gasteiger partial charge in [-0.2, -0.15) is 0 Å². The zero-order chi connectivity index (χ0) is 28.6. The number of barbiturate groups is 1. The molecule has 0 bridgehead atoms. The van der Waals surface area contributed by atoms with Crippen LogP contribution in [0.1, 0.15) is 30.9 Å². The van der Waals surface area contributed by atoms with Crippen LogP contribution in [0.2, 0.25) is 0 Å². The Bertz CT molecular complexity index is 1450. The van der Waals surface area contributed by atoms with Crippen molar-refractivity contribution in [3.05, 3.63) is 93.5 Å². The molecule has 1 heterocycles. The van der Waals surface area contributed by atoms with E-state index in [4.69, 9.17) is 14.2 Å². The minimum atomic E-state index is -0.865. The van der Waals surface area contributed by atoms with Crippen molar-refractivity contribution in [2.24, 2.45) is 0 Å². The standard InChI is InChI=1S/C29H27N3O8/c1-3-4-15-39-23-13-10-21(11-14-23)31-28(34)25(27(33)30-29(31)35)16-20-7-12-24(38-2)17-26(20)40-18-19-5-8-22(9-6-19)32(36)37/h5-14,16-17H,3-4,15,18H2,1-2H3,(H,30,33,35)/b25-16-. The summed E-state index contributed by atoms with van der Waals surface area (Å²) in [5.41, 5.74) is 1.00. The first-order valence-corrected chi connectivity index (χ1v) is 12.5. The summed E-state index contributed by atoms with van der Waals surface area (Å²) in [7, 11) is 1.48. The van der Waals surface area contributed by atoms with Crippen LogP contribution in [0.3, 0.4) is 0 Å². The average Bonchev–Trinajstić information content (AvgIpc) is 2.95. The van der Waals surface area contributed by atoms with Gasteiger partial charge in [0.1, 0.15) is 29.4 Å². The van der Waals surface area contributed by atoms with Crippen molar-refractivity contribution in [2.45, 2.75) is 26.4 Å². The molecule has 0 aromatic heterocycles. The third kappa shape index (κ3) is 6.44. The van der Waals surface area contributed by atoms with Crippen molar-refractivity contribution < 1.29 is 33.5 Å². The number of non-ortho nitro benzene ring substituents is 1. The number of unbranched alkanes of at least 4 members (excludes halogenated alkanes) is 1. The topological polar surface area (TPSA) is 137 Å². The van der Waals surface area contributed by atoms with Crippen molar-refractivity contribution in [3.63, 3.8) is 0 Å². The molecule has 206 valence electrons. The molecule has 1 fully saturated rings. The molecule has 1 aliphatic heterocycles. The van der Waals surface area contributed by atoms with Crippen LogP contribution in [0.4, 0.5) is 16.2 Å². The summed E-state index contributed by atoms with van der Waals surface area (Å²) >= 11 is 0. The van der Waals surface area contributed by atoms with Gasteiger partial charge < -0.3 is 14.2 Å². The molecule has 0 spiro atoms. The number of amides is 4. The number of anilines is 1. The number of carbonyl (C=O) groups is 3. The van der Waals surface area contributed by atoms with Crippen LogP contribution in [-0.2, 0) is 16.2 Å². The Hall–Kier alpha value is -5.19. The minimum absolute atomic E-state index is 0.0462. The highest BCUT2D eigenvalue weighted by atomic mass is 16.6. The van der Waals surface area contributed by atoms with Gasteiger partial charge in [-0.25, -0.2) is 9.69 Å². The van der Waals surface area contributed by atoms with E-state index in [1.807, 2.05) is 0 Å². The fourth-order valence-electron chi connectivity index (χ4n) is 3.83. The molecule has 0 atom stereocenters. The highest BCUT2D eigenvalue weighted by Gasteiger charge is 2.37. The molecular formula is C29H27N3O8. The summed E-state index contributed by atoms with van der Waals surface area (Å²) in [6.07, 6.45) is 3.22. The van der Waals surface area contributed by atoms with Crippen molar-refractivity contribution in [3.8, 4) is 17.2 Å². The predicted octanol–water partition coefficient (Wildman–Crippen LogP) is 5.03. The lowest BCUT2D eigenvalue weighted by Gasteiger charge is -2.26. The molecule has 1 saturated heterocycles. The van der Waals surface area contributed by atoms with E-state index in [0.29, 0.717) is 35.0 Å². The number of carbonyl (C=O) groups excluding carboxylic acids is 3. The van der Waals surface area contributed by atoms with Crippen LogP contribution in [0.15, 0.2) is 72.3 Å². The van der Waals surface area contributed by atoms with Gasteiger partial charge in [-0.05, 0) is 66.6 Å². The number of ether oxygens (including phenoxy) is 3. The van der Waals surface area contributed by atoms with Gasteiger partial charge in [-0.3, -0.25) is 25.0 Å². The monoisotopic (exact) mass is 545 g/mol. The van der Waals surface area contributed by atoms with Crippen LogP contribution in [-0.4, -0.2) is 36.5 Å². The van der Waals surface area contributed by atoms with Gasteiger partial charge in [0.15, 0.2) is 0 Å². The maximum Gasteiger partial charge on any atom is 0.335 e. The highest BCUT2D eigenvalue weighted by Crippen LogP contribution is 2.30. The number of hydrogen-bond donors (Lipinski definition) is 1. The Labute approximate surface area is 230 Å². The Morgan fingerprint density at radius 3 is 2.30 bits per heavy atom. The zero-order valence-corrected chi connectivity index (χ0v) is 21.9. The average molecular weight is 546 g/mol. The Balaban J connectivity index is 1.59. The number of nitrogens with one attached hydrogen (secondary N) is 1. The molecule has 11 nitrogen and oxygen atoms in total. The summed E-state index contributed by atoms with van der Waals surface area (Å²) in [4.78, 5) is 50.0. The molecule has 0 unspecified atom stereocenters. The number of nitrogens with zero attached hydrogens (tertiary/aromatic N) is 2. The van der Waals surface area contributed by atoms with Crippen LogP contribution in [0.5, 0.6) is 17.2 Å². The normalized spacial score (nSPS) is 14.2. The summed E-state index contributed by atoms with van der Waals surface area (Å²) in [6.45, 7) is 2.66. The SMILES string of the molecule is CCCCOc1ccc(N2C(=O)NC(=O)/C(=C/c3ccc(OC)cc3OCc3ccc([N+](=O)[O-])cc3)C2=O)cc1. The molecule has 1 N–H and O–H groups in total. The van der Waals surface area contributed by atoms with E-state index in [0.717, 1.165) is 17.7 Å². The molecule has 4 rings (SSSR count). The number of urea groups is 1. The first-order valence-electron chi connectivity index (χ1n) is 12.5. The van der Waals surface area contributed by atoms with Crippen molar-refractivity contribution >= 4 is 35.3 Å². The van der Waals surface area contributed by atoms with Gasteiger partial charge in [-0.1, -0.05) is 13.3 Å². The Morgan fingerprint density at radius 2 is 1.65 bits per heavy atom. The first kappa shape index (κ1) is 27.8. The second-order valence-electron chi connectivity index (χ2n) is 8.77. The molecule has 40 heavy (non-hydrogen) atoms. The van der Waals surface area contributed by atoms with E-state index in [9.17, 15) is 24.5 Å². The van der Waals surface area contributed by atoms with E-state index in [1.165, 1.54) is 25.3 Å². The lowest BCUT2D eigenvalue weighted by atomic mass is 10.1. The molecule has 3 aromatic rings. The third-order valence-corrected chi connectivity index (χ3v) is 6.03. The van der Waals surface area contributed by atoms with Gasteiger partial charge in [-0.15, -0.1) is 0 Å². The summed E-state index contributed by atoms with van der Waals surface area (Å²) in [5.74, 6) is -0.281.